The lowest BCUT2D eigenvalue weighted by atomic mass is 9.95. The summed E-state index contributed by atoms with van der Waals surface area (Å²) < 4.78 is 35.7. The number of benzene rings is 9. The van der Waals surface area contributed by atoms with Gasteiger partial charge in [0.05, 0.1) is 54.3 Å². The summed E-state index contributed by atoms with van der Waals surface area (Å²) in [4.78, 5) is 43.8. The molecule has 20 aromatic rings. The number of carbonyl (C=O) groups excluding carboxylic acids is 1. The van der Waals surface area contributed by atoms with Gasteiger partial charge in [0.1, 0.15) is 22.8 Å². The highest BCUT2D eigenvalue weighted by atomic mass is 32.2. The van der Waals surface area contributed by atoms with E-state index in [1.165, 1.54) is 12.5 Å². The summed E-state index contributed by atoms with van der Waals surface area (Å²) in [7, 11) is -3.41. The van der Waals surface area contributed by atoms with Gasteiger partial charge in [-0.3, -0.25) is 39.7 Å². The summed E-state index contributed by atoms with van der Waals surface area (Å²) in [5, 5.41) is 67.6. The molecular weight excluding hydrogens is 1790 g/mol. The number of ether oxygens (including phenoxy) is 2. The van der Waals surface area contributed by atoms with Crippen molar-refractivity contribution in [1.82, 2.24) is 75.7 Å². The Balaban J connectivity index is 0.000000125. The number of carbonyl (C=O) groups is 1. The molecule has 1 aliphatic rings. The molecule has 0 radical (unpaired) electrons. The number of nitrogens with two attached hydrogens (primary N) is 1. The van der Waals surface area contributed by atoms with E-state index in [1.807, 2.05) is 221 Å². The molecule has 1 aliphatic heterocycles. The number of pyridine rings is 7. The van der Waals surface area contributed by atoms with Crippen molar-refractivity contribution in [2.75, 3.05) is 40.7 Å². The van der Waals surface area contributed by atoms with E-state index < -0.39 is 15.6 Å². The van der Waals surface area contributed by atoms with Crippen LogP contribution >= 0.6 is 0 Å². The molecule has 1 fully saturated rings. The minimum absolute atomic E-state index is 0.00328. The molecule has 0 aliphatic carbocycles. The minimum Gasteiger partial charge on any atom is -0.399 e. The SMILES string of the molecule is C=C(N)c1cncc(-c2nnc(NCc3ccccn3)c3c(-c4ccccc4)cccc23)c1.CC(CO)c1cncc(-c2nnc(NCc3ccccn3)c3c(-c4ccccc4)cccc23)c1.CC1(C)OCC(CCC(=O)c2cncc(-c3nnc(NCc4ccccn4)c4c(-c5ccccc5)cccc34)c2)O1.CS(=O)(=O)c1cncc(-c2nnc(NCc3ccccc3)c3c(-c4ccccc4)cccc23)c1. The first kappa shape index (κ1) is 95.0. The Morgan fingerprint density at radius 3 is 1.11 bits per heavy atom. The Morgan fingerprint density at radius 2 is 0.754 bits per heavy atom. The van der Waals surface area contributed by atoms with E-state index in [-0.39, 0.29) is 29.3 Å². The highest BCUT2D eigenvalue weighted by molar-refractivity contribution is 7.90. The average Bonchev–Trinajstić information content (AvgIpc) is 1.41. The Kier molecular flexibility index (Phi) is 29.7. The number of sulfone groups is 1. The highest BCUT2D eigenvalue weighted by Gasteiger charge is 2.33. The van der Waals surface area contributed by atoms with Crippen LogP contribution in [0, 0.1) is 0 Å². The van der Waals surface area contributed by atoms with Gasteiger partial charge in [-0.1, -0.05) is 256 Å². The molecule has 21 rings (SSSR count). The summed E-state index contributed by atoms with van der Waals surface area (Å²) in [6.07, 6.45) is 20.7. The lowest BCUT2D eigenvalue weighted by molar-refractivity contribution is -0.138. The maximum absolute atomic E-state index is 13.1. The van der Waals surface area contributed by atoms with E-state index in [0.29, 0.717) is 97.1 Å². The maximum atomic E-state index is 13.1. The van der Waals surface area contributed by atoms with Crippen molar-refractivity contribution >= 4 is 87.7 Å². The van der Waals surface area contributed by atoms with Crippen LogP contribution in [0.4, 0.5) is 23.3 Å². The van der Waals surface area contributed by atoms with Gasteiger partial charge in [-0.2, -0.15) is 0 Å². The molecule has 142 heavy (non-hydrogen) atoms. The van der Waals surface area contributed by atoms with Crippen LogP contribution in [0.15, 0.2) is 383 Å². The number of rotatable bonds is 28. The number of nitrogens with zero attached hydrogens (tertiary/aromatic N) is 15. The fraction of sp³-hybridized carbons (Fsp3) is 0.130. The minimum atomic E-state index is -3.41. The molecule has 9 aromatic carbocycles. The first-order valence-electron chi connectivity index (χ1n) is 46.4. The number of anilines is 4. The van der Waals surface area contributed by atoms with Gasteiger partial charge in [-0.25, -0.2) is 8.42 Å². The van der Waals surface area contributed by atoms with Gasteiger partial charge in [0.2, 0.25) is 0 Å². The summed E-state index contributed by atoms with van der Waals surface area (Å²) in [5.41, 5.74) is 26.8. The predicted molar refractivity (Wildman–Crippen MR) is 562 cm³/mol. The fourth-order valence-corrected chi connectivity index (χ4v) is 17.5. The van der Waals surface area contributed by atoms with Crippen LogP contribution in [0.25, 0.3) is 138 Å². The Hall–Kier alpha value is -17.4. The summed E-state index contributed by atoms with van der Waals surface area (Å²) in [6, 6.07) is 100. The monoisotopic (exact) mass is 1890 g/mol. The first-order valence-corrected chi connectivity index (χ1v) is 48.3. The zero-order valence-corrected chi connectivity index (χ0v) is 79.2. The number of hydrogen-bond donors (Lipinski definition) is 6. The van der Waals surface area contributed by atoms with Crippen LogP contribution < -0.4 is 27.0 Å². The molecule has 26 nitrogen and oxygen atoms in total. The van der Waals surface area contributed by atoms with Crippen molar-refractivity contribution in [1.29, 1.82) is 0 Å². The van der Waals surface area contributed by atoms with Crippen LogP contribution in [0.1, 0.15) is 83.7 Å². The largest absolute Gasteiger partial charge is 0.399 e. The van der Waals surface area contributed by atoms with Crippen LogP contribution in [0.3, 0.4) is 0 Å². The van der Waals surface area contributed by atoms with E-state index in [9.17, 15) is 18.3 Å². The zero-order valence-electron chi connectivity index (χ0n) is 78.4. The van der Waals surface area contributed by atoms with E-state index in [4.69, 9.17) is 15.2 Å². The fourth-order valence-electron chi connectivity index (χ4n) is 17.0. The lowest BCUT2D eigenvalue weighted by Crippen LogP contribution is -2.21. The van der Waals surface area contributed by atoms with E-state index in [1.54, 1.807) is 68.0 Å². The van der Waals surface area contributed by atoms with Gasteiger partial charge in [-0.15, -0.1) is 40.8 Å². The molecule has 2 atom stereocenters. The van der Waals surface area contributed by atoms with Gasteiger partial charge in [-0.05, 0) is 137 Å². The summed E-state index contributed by atoms with van der Waals surface area (Å²) in [5.74, 6) is 2.12. The van der Waals surface area contributed by atoms with Crippen LogP contribution in [0.5, 0.6) is 0 Å². The van der Waals surface area contributed by atoms with Crippen molar-refractivity contribution in [2.45, 2.75) is 82.5 Å². The number of aromatic nitrogens is 15. The van der Waals surface area contributed by atoms with Gasteiger partial charge >= 0.3 is 0 Å². The number of Topliss-reactive ketones (excluding diaryl/α,β-unsaturated/α-hetero) is 1. The van der Waals surface area contributed by atoms with Crippen molar-refractivity contribution in [3.8, 4) is 89.5 Å². The van der Waals surface area contributed by atoms with Crippen LogP contribution in [0.2, 0.25) is 0 Å². The number of aliphatic hydroxyl groups excluding tert-OH is 1. The lowest BCUT2D eigenvalue weighted by Gasteiger charge is -2.17. The standard InChI is InChI=1S/C33H31N5O3.C28H25N5O.C27H22N6.C27H22N4O2S/c1-33(2)40-21-26(41-33)14-15-29(39)23-17-24(19-34-18-23)31-28-13-8-12-27(22-9-4-3-5-10-22)30(28)32(38-37-31)36-20-25-11-6-7-16-35-25;1-19(18-34)21-14-22(16-29-15-21)27-25-12-7-11-24(20-8-3-2-4-9-20)26(25)28(33-32-27)31-17-23-10-5-6-13-30-23;1-18(28)20-14-21(16-29-15-20)26-24-12-7-11-23(19-8-3-2-4-9-19)25(24)27(33-32-26)31-17-22-10-5-6-13-30-22;1-34(32,33)22-15-21(17-28-18-22)26-24-14-8-13-23(20-11-6-3-7-12-20)25(24)27(31-30-26)29-16-19-9-4-2-5-10-19/h3-13,16-19,26H,14-15,20-21H2,1-2H3,(H,36,38);2-16,19,34H,17-18H2,1H3,(H,31,33);2-16H,1,17,28H2,(H,31,33);2-15,17-18H,16H2,1H3,(H,29,31). The van der Waals surface area contributed by atoms with Gasteiger partial charge in [0, 0.05) is 182 Å². The molecule has 1 saturated heterocycles. The number of nitrogens with one attached hydrogen (secondary N) is 4. The molecule has 702 valence electrons. The van der Waals surface area contributed by atoms with Gasteiger partial charge in [0.15, 0.2) is 44.7 Å². The second-order valence-corrected chi connectivity index (χ2v) is 36.5. The van der Waals surface area contributed by atoms with Crippen LogP contribution in [-0.4, -0.2) is 126 Å². The highest BCUT2D eigenvalue weighted by Crippen LogP contribution is 2.44. The Morgan fingerprint density at radius 1 is 0.408 bits per heavy atom. The van der Waals surface area contributed by atoms with E-state index >= 15 is 0 Å². The first-order chi connectivity index (χ1) is 69.4. The summed E-state index contributed by atoms with van der Waals surface area (Å²) >= 11 is 0. The molecule has 11 aromatic heterocycles. The molecule has 2 unspecified atom stereocenters. The zero-order chi connectivity index (χ0) is 97.7. The number of fused-ring (bicyclic) bond motifs is 4. The Labute approximate surface area is 821 Å². The van der Waals surface area contributed by atoms with Crippen molar-refractivity contribution in [2.24, 2.45) is 5.73 Å². The molecular formula is C115H100N20O6S. The van der Waals surface area contributed by atoms with E-state index in [2.05, 4.69) is 201 Å². The average molecular weight is 1890 g/mol. The topological polar surface area (TPSA) is 357 Å². The van der Waals surface area contributed by atoms with Gasteiger partial charge in [0.25, 0.3) is 0 Å². The molecule has 0 amide bonds. The third-order valence-corrected chi connectivity index (χ3v) is 25.2. The summed E-state index contributed by atoms with van der Waals surface area (Å²) in [6.45, 7) is 12.3. The number of ketones is 1. The molecule has 0 saturated carbocycles. The van der Waals surface area contributed by atoms with Crippen molar-refractivity contribution in [3.05, 3.63) is 417 Å². The van der Waals surface area contributed by atoms with Gasteiger partial charge < -0.3 is 41.6 Å². The van der Waals surface area contributed by atoms with Crippen LogP contribution in [-0.2, 0) is 45.5 Å². The van der Waals surface area contributed by atoms with Crippen molar-refractivity contribution in [3.63, 3.8) is 0 Å². The Bertz CT molecular complexity index is 7960. The maximum Gasteiger partial charge on any atom is 0.177 e. The second kappa shape index (κ2) is 44.4. The molecule has 12 heterocycles. The number of hydrogen-bond acceptors (Lipinski definition) is 26. The predicted octanol–water partition coefficient (Wildman–Crippen LogP) is 22.6. The van der Waals surface area contributed by atoms with Crippen molar-refractivity contribution < 1.29 is 27.8 Å². The third kappa shape index (κ3) is 22.7. The second-order valence-electron chi connectivity index (χ2n) is 34.5. The third-order valence-electron chi connectivity index (χ3n) is 24.1. The molecule has 0 bridgehead atoms. The quantitative estimate of drug-likeness (QED) is 0.0248. The smallest absolute Gasteiger partial charge is 0.177 e. The van der Waals surface area contributed by atoms with E-state index in [0.717, 1.165) is 149 Å². The number of aliphatic hydroxyl groups is 1. The molecule has 0 spiro atoms. The molecule has 27 heteroatoms. The molecule has 7 N–H and O–H groups in total. The normalized spacial score (nSPS) is 12.8.